The highest BCUT2D eigenvalue weighted by Gasteiger charge is 2.38. The number of amides is 1. The van der Waals surface area contributed by atoms with Gasteiger partial charge in [0.2, 0.25) is 5.91 Å². The van der Waals surface area contributed by atoms with E-state index in [1.54, 1.807) is 18.3 Å². The topological polar surface area (TPSA) is 89.7 Å². The maximum Gasteiger partial charge on any atom is 0.420 e. The van der Waals surface area contributed by atoms with Crippen molar-refractivity contribution in [1.82, 2.24) is 15.2 Å². The number of nitrogens with two attached hydrogens (primary N) is 1. The third kappa shape index (κ3) is 5.87. The van der Waals surface area contributed by atoms with Gasteiger partial charge in [0, 0.05) is 24.8 Å². The number of fused-ring (bicyclic) bond motifs is 1. The molecule has 2 aliphatic rings. The van der Waals surface area contributed by atoms with Crippen LogP contribution in [-0.4, -0.2) is 54.7 Å². The fourth-order valence-corrected chi connectivity index (χ4v) is 4.20. The van der Waals surface area contributed by atoms with E-state index in [9.17, 15) is 18.0 Å². The molecule has 0 spiro atoms. The van der Waals surface area contributed by atoms with Gasteiger partial charge in [-0.15, -0.1) is 0 Å². The second-order valence-corrected chi connectivity index (χ2v) is 8.45. The molecule has 10 heteroatoms. The van der Waals surface area contributed by atoms with Crippen LogP contribution in [0.4, 0.5) is 19.0 Å². The zero-order valence-electron chi connectivity index (χ0n) is 18.1. The van der Waals surface area contributed by atoms with Crippen molar-refractivity contribution >= 4 is 11.7 Å². The van der Waals surface area contributed by atoms with Crippen LogP contribution in [0.15, 0.2) is 36.5 Å². The Balaban J connectivity index is 1.22. The number of benzene rings is 1. The van der Waals surface area contributed by atoms with E-state index in [-0.39, 0.29) is 30.4 Å². The molecule has 1 saturated heterocycles. The van der Waals surface area contributed by atoms with Gasteiger partial charge in [-0.3, -0.25) is 9.69 Å². The molecule has 0 aliphatic carbocycles. The van der Waals surface area contributed by atoms with Crippen LogP contribution < -0.4 is 20.5 Å². The van der Waals surface area contributed by atoms with Gasteiger partial charge in [-0.05, 0) is 50.0 Å². The molecule has 1 aromatic heterocycles. The van der Waals surface area contributed by atoms with Crippen molar-refractivity contribution in [2.75, 3.05) is 38.5 Å². The Morgan fingerprint density at radius 2 is 2.00 bits per heavy atom. The summed E-state index contributed by atoms with van der Waals surface area (Å²) in [7, 11) is 0. The number of alkyl halides is 3. The predicted octanol–water partition coefficient (Wildman–Crippen LogP) is 2.89. The molecule has 178 valence electrons. The van der Waals surface area contributed by atoms with E-state index in [0.29, 0.717) is 30.4 Å². The highest BCUT2D eigenvalue weighted by atomic mass is 19.4. The Labute approximate surface area is 190 Å². The van der Waals surface area contributed by atoms with Crippen molar-refractivity contribution in [1.29, 1.82) is 0 Å². The number of ether oxygens (including phenoxy) is 2. The summed E-state index contributed by atoms with van der Waals surface area (Å²) < 4.78 is 51.1. The number of rotatable bonds is 6. The van der Waals surface area contributed by atoms with Crippen molar-refractivity contribution in [3.8, 4) is 11.5 Å². The first-order chi connectivity index (χ1) is 15.8. The fourth-order valence-electron chi connectivity index (χ4n) is 4.20. The first-order valence-electron chi connectivity index (χ1n) is 11.0. The molecule has 33 heavy (non-hydrogen) atoms. The molecule has 1 unspecified atom stereocenters. The molecule has 3 N–H and O–H groups in total. The quantitative estimate of drug-likeness (QED) is 0.684. The van der Waals surface area contributed by atoms with Crippen molar-refractivity contribution in [3.05, 3.63) is 47.7 Å². The van der Waals surface area contributed by atoms with E-state index < -0.39 is 17.8 Å². The Morgan fingerprint density at radius 3 is 2.73 bits per heavy atom. The molecule has 0 saturated carbocycles. The number of likely N-dealkylation sites (tertiary alicyclic amines) is 1. The van der Waals surface area contributed by atoms with Crippen LogP contribution in [-0.2, 0) is 17.4 Å². The number of aromatic nitrogens is 1. The second-order valence-electron chi connectivity index (χ2n) is 8.45. The van der Waals surface area contributed by atoms with Crippen molar-refractivity contribution in [3.63, 3.8) is 0 Å². The summed E-state index contributed by atoms with van der Waals surface area (Å²) in [6, 6.07) is 7.35. The van der Waals surface area contributed by atoms with Crippen LogP contribution in [0.3, 0.4) is 0 Å². The van der Waals surface area contributed by atoms with Gasteiger partial charge in [-0.1, -0.05) is 12.1 Å². The summed E-state index contributed by atoms with van der Waals surface area (Å²) in [5.74, 6) is 0.512. The van der Waals surface area contributed by atoms with E-state index in [1.807, 2.05) is 0 Å². The zero-order chi connectivity index (χ0) is 23.4. The van der Waals surface area contributed by atoms with Gasteiger partial charge < -0.3 is 20.5 Å². The van der Waals surface area contributed by atoms with Crippen LogP contribution in [0, 0.1) is 5.92 Å². The van der Waals surface area contributed by atoms with E-state index in [4.69, 9.17) is 15.2 Å². The number of pyridine rings is 1. The summed E-state index contributed by atoms with van der Waals surface area (Å²) >= 11 is 0. The lowest BCUT2D eigenvalue weighted by atomic mass is 9.96. The Morgan fingerprint density at radius 1 is 1.21 bits per heavy atom. The average molecular weight is 464 g/mol. The molecule has 3 heterocycles. The number of nitrogen functional groups attached to an aromatic ring is 1. The SMILES string of the molecule is Nc1ncccc1CC(=O)NCC1CCN(CC2COc3cccc(C(F)(F)F)c3O2)CC1. The van der Waals surface area contributed by atoms with E-state index in [1.165, 1.54) is 12.1 Å². The summed E-state index contributed by atoms with van der Waals surface area (Å²) in [6.45, 7) is 2.85. The smallest absolute Gasteiger partial charge is 0.420 e. The lowest BCUT2D eigenvalue weighted by molar-refractivity contribution is -0.140. The van der Waals surface area contributed by atoms with Crippen LogP contribution >= 0.6 is 0 Å². The lowest BCUT2D eigenvalue weighted by Crippen LogP contribution is -2.45. The summed E-state index contributed by atoms with van der Waals surface area (Å²) in [5, 5.41) is 2.96. The van der Waals surface area contributed by atoms with Crippen LogP contribution in [0.1, 0.15) is 24.0 Å². The van der Waals surface area contributed by atoms with Crippen molar-refractivity contribution < 1.29 is 27.4 Å². The molecule has 1 atom stereocenters. The zero-order valence-corrected chi connectivity index (χ0v) is 18.1. The number of para-hydroxylation sites is 1. The van der Waals surface area contributed by atoms with Crippen LogP contribution in [0.5, 0.6) is 11.5 Å². The van der Waals surface area contributed by atoms with Crippen LogP contribution in [0.2, 0.25) is 0 Å². The molecule has 4 rings (SSSR count). The number of nitrogens with zero attached hydrogens (tertiary/aromatic N) is 2. The summed E-state index contributed by atoms with van der Waals surface area (Å²) in [5.41, 5.74) is 5.68. The number of anilines is 1. The third-order valence-electron chi connectivity index (χ3n) is 6.03. The monoisotopic (exact) mass is 464 g/mol. The highest BCUT2D eigenvalue weighted by Crippen LogP contribution is 2.43. The van der Waals surface area contributed by atoms with E-state index >= 15 is 0 Å². The van der Waals surface area contributed by atoms with Gasteiger partial charge in [0.05, 0.1) is 6.42 Å². The minimum atomic E-state index is -4.50. The molecule has 0 bridgehead atoms. The number of carbonyl (C=O) groups is 1. The Kier molecular flexibility index (Phi) is 6.92. The van der Waals surface area contributed by atoms with Crippen molar-refractivity contribution in [2.24, 2.45) is 5.92 Å². The molecular formula is C23H27F3N4O3. The normalized spacial score (nSPS) is 19.3. The molecule has 2 aromatic rings. The number of hydrogen-bond acceptors (Lipinski definition) is 6. The number of halogens is 3. The maximum atomic E-state index is 13.3. The second kappa shape index (κ2) is 9.86. The van der Waals surface area contributed by atoms with E-state index in [2.05, 4.69) is 15.2 Å². The van der Waals surface area contributed by atoms with Gasteiger partial charge in [0.1, 0.15) is 24.1 Å². The average Bonchev–Trinajstić information content (AvgIpc) is 2.79. The number of piperidine rings is 1. The number of carbonyl (C=O) groups excluding carboxylic acids is 1. The minimum absolute atomic E-state index is 0.0935. The molecule has 1 fully saturated rings. The Hall–Kier alpha value is -3.01. The first kappa shape index (κ1) is 23.2. The molecule has 1 aromatic carbocycles. The standard InChI is InChI=1S/C23H27F3N4O3/c24-23(25,26)18-4-1-5-19-21(18)33-17(14-32-19)13-30-9-6-15(7-10-30)12-29-20(31)11-16-3-2-8-28-22(16)27/h1-5,8,15,17H,6-7,9-14H2,(H2,27,28)(H,29,31). The largest absolute Gasteiger partial charge is 0.486 e. The molecule has 0 radical (unpaired) electrons. The molecule has 1 amide bonds. The third-order valence-corrected chi connectivity index (χ3v) is 6.03. The first-order valence-corrected chi connectivity index (χ1v) is 11.0. The Bertz CT molecular complexity index is 978. The van der Waals surface area contributed by atoms with Gasteiger partial charge >= 0.3 is 6.18 Å². The predicted molar refractivity (Wildman–Crippen MR) is 116 cm³/mol. The molecular weight excluding hydrogens is 437 g/mol. The highest BCUT2D eigenvalue weighted by molar-refractivity contribution is 5.79. The van der Waals surface area contributed by atoms with Crippen molar-refractivity contribution in [2.45, 2.75) is 31.5 Å². The van der Waals surface area contributed by atoms with Crippen LogP contribution in [0.25, 0.3) is 0 Å². The van der Waals surface area contributed by atoms with E-state index in [0.717, 1.165) is 32.0 Å². The minimum Gasteiger partial charge on any atom is -0.486 e. The summed E-state index contributed by atoms with van der Waals surface area (Å²) in [4.78, 5) is 18.4. The van der Waals surface area contributed by atoms with Gasteiger partial charge in [0.15, 0.2) is 11.5 Å². The van der Waals surface area contributed by atoms with Gasteiger partial charge in [-0.2, -0.15) is 13.2 Å². The maximum absolute atomic E-state index is 13.3. The lowest BCUT2D eigenvalue weighted by Gasteiger charge is -2.36. The number of nitrogens with one attached hydrogen (secondary N) is 1. The fraction of sp³-hybridized carbons (Fsp3) is 0.478. The van der Waals surface area contributed by atoms with Gasteiger partial charge in [0.25, 0.3) is 0 Å². The number of hydrogen-bond donors (Lipinski definition) is 2. The summed E-state index contributed by atoms with van der Waals surface area (Å²) in [6.07, 6.45) is -1.42. The van der Waals surface area contributed by atoms with Gasteiger partial charge in [-0.25, -0.2) is 4.98 Å². The molecule has 2 aliphatic heterocycles. The molecule has 7 nitrogen and oxygen atoms in total.